The molecule has 3 aromatic heterocycles. The van der Waals surface area contributed by atoms with E-state index >= 15 is 0 Å². The van der Waals surface area contributed by atoms with Crippen molar-refractivity contribution < 1.29 is 14.0 Å². The summed E-state index contributed by atoms with van der Waals surface area (Å²) in [5, 5.41) is 3.96. The molecular formula is C19H18N8O3. The predicted molar refractivity (Wildman–Crippen MR) is 108 cm³/mol. The fourth-order valence-electron chi connectivity index (χ4n) is 2.66. The van der Waals surface area contributed by atoms with Crippen molar-refractivity contribution in [1.29, 1.82) is 0 Å². The normalized spacial score (nSPS) is 10.6. The minimum atomic E-state index is 0.0317. The second kappa shape index (κ2) is 7.99. The SMILES string of the molecule is COc1cnc(-c2nc(-c3nc(N)nc(N(C)c4ccccc4)n3)no2)c(OC)c1. The molecule has 11 heteroatoms. The van der Waals surface area contributed by atoms with Crippen LogP contribution in [0.2, 0.25) is 0 Å². The summed E-state index contributed by atoms with van der Waals surface area (Å²) in [4.78, 5) is 23.1. The average Bonchev–Trinajstić information content (AvgIpc) is 3.28. The van der Waals surface area contributed by atoms with E-state index in [1.807, 2.05) is 37.4 Å². The summed E-state index contributed by atoms with van der Waals surface area (Å²) < 4.78 is 15.8. The van der Waals surface area contributed by atoms with Crippen molar-refractivity contribution in [2.45, 2.75) is 0 Å². The molecule has 0 aliphatic heterocycles. The van der Waals surface area contributed by atoms with Crippen molar-refractivity contribution in [2.24, 2.45) is 0 Å². The molecule has 152 valence electrons. The zero-order valence-corrected chi connectivity index (χ0v) is 16.5. The first-order valence-electron chi connectivity index (χ1n) is 8.82. The Morgan fingerprint density at radius 3 is 2.50 bits per heavy atom. The van der Waals surface area contributed by atoms with Crippen LogP contribution in [0, 0.1) is 0 Å². The maximum Gasteiger partial charge on any atom is 0.280 e. The Morgan fingerprint density at radius 2 is 1.77 bits per heavy atom. The van der Waals surface area contributed by atoms with Crippen LogP contribution in [0.4, 0.5) is 17.6 Å². The number of para-hydroxylation sites is 1. The molecule has 0 radical (unpaired) electrons. The smallest absolute Gasteiger partial charge is 0.280 e. The number of ether oxygens (including phenoxy) is 2. The highest BCUT2D eigenvalue weighted by molar-refractivity contribution is 5.62. The lowest BCUT2D eigenvalue weighted by Crippen LogP contribution is -2.15. The summed E-state index contributed by atoms with van der Waals surface area (Å²) in [5.74, 6) is 1.78. The summed E-state index contributed by atoms with van der Waals surface area (Å²) in [7, 11) is 4.87. The van der Waals surface area contributed by atoms with E-state index in [4.69, 9.17) is 19.7 Å². The Bertz CT molecular complexity index is 1170. The van der Waals surface area contributed by atoms with Gasteiger partial charge >= 0.3 is 0 Å². The number of nitrogens with two attached hydrogens (primary N) is 1. The molecule has 0 unspecified atom stereocenters. The highest BCUT2D eigenvalue weighted by Gasteiger charge is 2.20. The van der Waals surface area contributed by atoms with E-state index in [1.165, 1.54) is 20.4 Å². The molecule has 1 aromatic carbocycles. The van der Waals surface area contributed by atoms with E-state index in [-0.39, 0.29) is 23.5 Å². The Kier molecular flexibility index (Phi) is 5.08. The molecule has 0 saturated carbocycles. The van der Waals surface area contributed by atoms with Crippen LogP contribution in [-0.2, 0) is 0 Å². The van der Waals surface area contributed by atoms with E-state index in [0.717, 1.165) is 5.69 Å². The molecule has 4 aromatic rings. The summed E-state index contributed by atoms with van der Waals surface area (Å²) in [6.07, 6.45) is 1.52. The fourth-order valence-corrected chi connectivity index (χ4v) is 2.66. The van der Waals surface area contributed by atoms with Crippen LogP contribution >= 0.6 is 0 Å². The number of nitrogen functional groups attached to an aromatic ring is 1. The van der Waals surface area contributed by atoms with Gasteiger partial charge in [0.05, 0.1) is 20.4 Å². The van der Waals surface area contributed by atoms with Crippen molar-refractivity contribution in [3.8, 4) is 34.7 Å². The second-order valence-electron chi connectivity index (χ2n) is 6.06. The number of methoxy groups -OCH3 is 2. The molecule has 0 atom stereocenters. The molecule has 0 bridgehead atoms. The van der Waals surface area contributed by atoms with Gasteiger partial charge in [-0.3, -0.25) is 0 Å². The first-order valence-corrected chi connectivity index (χ1v) is 8.82. The molecule has 0 amide bonds. The number of benzene rings is 1. The Labute approximate surface area is 171 Å². The molecule has 2 N–H and O–H groups in total. The predicted octanol–water partition coefficient (Wildman–Crippen LogP) is 2.35. The molecule has 0 aliphatic rings. The van der Waals surface area contributed by atoms with E-state index in [9.17, 15) is 0 Å². The zero-order chi connectivity index (χ0) is 21.1. The lowest BCUT2D eigenvalue weighted by molar-refractivity contribution is 0.387. The van der Waals surface area contributed by atoms with Crippen LogP contribution in [0.5, 0.6) is 11.5 Å². The van der Waals surface area contributed by atoms with E-state index in [1.54, 1.807) is 11.0 Å². The number of hydrogen-bond donors (Lipinski definition) is 1. The third-order valence-corrected chi connectivity index (χ3v) is 4.20. The fraction of sp³-hybridized carbons (Fsp3) is 0.158. The van der Waals surface area contributed by atoms with Crippen LogP contribution < -0.4 is 20.1 Å². The summed E-state index contributed by atoms with van der Waals surface area (Å²) in [5.41, 5.74) is 7.13. The summed E-state index contributed by atoms with van der Waals surface area (Å²) >= 11 is 0. The lowest BCUT2D eigenvalue weighted by Gasteiger charge is -2.17. The van der Waals surface area contributed by atoms with Gasteiger partial charge in [-0.05, 0) is 12.1 Å². The van der Waals surface area contributed by atoms with Crippen molar-refractivity contribution >= 4 is 17.6 Å². The molecule has 0 fully saturated rings. The summed E-state index contributed by atoms with van der Waals surface area (Å²) in [6, 6.07) is 11.3. The van der Waals surface area contributed by atoms with E-state index in [2.05, 4.69) is 30.1 Å². The third-order valence-electron chi connectivity index (χ3n) is 4.20. The maximum atomic E-state index is 5.89. The van der Waals surface area contributed by atoms with Gasteiger partial charge in [0.15, 0.2) is 11.4 Å². The number of aromatic nitrogens is 6. The van der Waals surface area contributed by atoms with Crippen LogP contribution in [-0.4, -0.2) is 51.3 Å². The number of hydrogen-bond acceptors (Lipinski definition) is 11. The van der Waals surface area contributed by atoms with Gasteiger partial charge in [0, 0.05) is 18.8 Å². The molecule has 30 heavy (non-hydrogen) atoms. The van der Waals surface area contributed by atoms with Crippen LogP contribution in [0.15, 0.2) is 47.1 Å². The maximum absolute atomic E-state index is 5.89. The Balaban J connectivity index is 1.70. The molecule has 0 aliphatic carbocycles. The molecule has 11 nitrogen and oxygen atoms in total. The molecule has 3 heterocycles. The number of rotatable bonds is 6. The monoisotopic (exact) mass is 406 g/mol. The molecule has 0 spiro atoms. The van der Waals surface area contributed by atoms with Crippen molar-refractivity contribution in [3.05, 3.63) is 42.6 Å². The Morgan fingerprint density at radius 1 is 0.967 bits per heavy atom. The van der Waals surface area contributed by atoms with Gasteiger partial charge in [-0.15, -0.1) is 0 Å². The van der Waals surface area contributed by atoms with Gasteiger partial charge in [0.1, 0.15) is 5.75 Å². The summed E-state index contributed by atoms with van der Waals surface area (Å²) in [6.45, 7) is 0. The van der Waals surface area contributed by atoms with Crippen LogP contribution in [0.25, 0.3) is 23.2 Å². The lowest BCUT2D eigenvalue weighted by atomic mass is 10.3. The number of nitrogens with zero attached hydrogens (tertiary/aromatic N) is 7. The number of pyridine rings is 1. The van der Waals surface area contributed by atoms with Gasteiger partial charge in [-0.1, -0.05) is 23.4 Å². The first-order chi connectivity index (χ1) is 14.6. The van der Waals surface area contributed by atoms with E-state index < -0.39 is 0 Å². The molecule has 4 rings (SSSR count). The standard InChI is InChI=1S/C19H18N8O3/c1-27(11-7-5-4-6-8-11)19-24-15(23-18(20)25-19)16-22-17(30-26-16)14-13(29-3)9-12(28-2)10-21-14/h4-10H,1-3H3,(H2,20,23,24,25). The van der Waals surface area contributed by atoms with Crippen LogP contribution in [0.1, 0.15) is 0 Å². The van der Waals surface area contributed by atoms with Crippen molar-refractivity contribution in [3.63, 3.8) is 0 Å². The quantitative estimate of drug-likeness (QED) is 0.505. The second-order valence-corrected chi connectivity index (χ2v) is 6.06. The third kappa shape index (κ3) is 3.68. The van der Waals surface area contributed by atoms with Gasteiger partial charge < -0.3 is 24.6 Å². The topological polar surface area (TPSA) is 138 Å². The van der Waals surface area contributed by atoms with Crippen molar-refractivity contribution in [1.82, 2.24) is 30.1 Å². The van der Waals surface area contributed by atoms with E-state index in [0.29, 0.717) is 23.1 Å². The molecular weight excluding hydrogens is 388 g/mol. The van der Waals surface area contributed by atoms with Gasteiger partial charge in [0.2, 0.25) is 23.5 Å². The minimum absolute atomic E-state index is 0.0317. The molecule has 0 saturated heterocycles. The van der Waals surface area contributed by atoms with Crippen molar-refractivity contribution in [2.75, 3.05) is 31.9 Å². The Hall–Kier alpha value is -4.28. The van der Waals surface area contributed by atoms with Gasteiger partial charge in [-0.2, -0.15) is 19.9 Å². The van der Waals surface area contributed by atoms with Gasteiger partial charge in [-0.25, -0.2) is 4.98 Å². The minimum Gasteiger partial charge on any atom is -0.495 e. The highest BCUT2D eigenvalue weighted by atomic mass is 16.5. The van der Waals surface area contributed by atoms with Gasteiger partial charge in [0.25, 0.3) is 5.89 Å². The average molecular weight is 406 g/mol. The first kappa shape index (κ1) is 19.1. The zero-order valence-electron chi connectivity index (χ0n) is 16.5. The largest absolute Gasteiger partial charge is 0.495 e. The highest BCUT2D eigenvalue weighted by Crippen LogP contribution is 2.31. The van der Waals surface area contributed by atoms with Crippen LogP contribution in [0.3, 0.4) is 0 Å². The number of anilines is 3.